The van der Waals surface area contributed by atoms with Crippen molar-refractivity contribution in [2.24, 2.45) is 0 Å². The third-order valence-corrected chi connectivity index (χ3v) is 5.86. The maximum absolute atomic E-state index is 13.9. The smallest absolute Gasteiger partial charge is 0.322 e. The van der Waals surface area contributed by atoms with Gasteiger partial charge in [0.05, 0.1) is 7.11 Å². The van der Waals surface area contributed by atoms with Crippen LogP contribution in [0.5, 0.6) is 5.75 Å². The number of fused-ring (bicyclic) bond motifs is 1. The van der Waals surface area contributed by atoms with Crippen molar-refractivity contribution >= 4 is 28.5 Å². The number of ether oxygens (including phenoxy) is 1. The molecule has 7 nitrogen and oxygen atoms in total. The van der Waals surface area contributed by atoms with E-state index >= 15 is 0 Å². The van der Waals surface area contributed by atoms with Gasteiger partial charge in [-0.1, -0.05) is 6.08 Å². The molecular weight excluding hydrogens is 387 g/mol. The maximum atomic E-state index is 13.9. The molecule has 0 bridgehead atoms. The highest BCUT2D eigenvalue weighted by Gasteiger charge is 2.46. The second-order valence-electron chi connectivity index (χ2n) is 7.57. The molecule has 1 aliphatic carbocycles. The van der Waals surface area contributed by atoms with Gasteiger partial charge >= 0.3 is 6.03 Å². The van der Waals surface area contributed by atoms with Crippen LogP contribution in [0.15, 0.2) is 42.6 Å². The lowest BCUT2D eigenvalue weighted by molar-refractivity contribution is -0.124. The minimum atomic E-state index is -0.856. The Hall–Kier alpha value is -3.68. The number of halogens is 1. The average Bonchev–Trinajstić information content (AvgIpc) is 3.29. The molecule has 3 N–H and O–H groups in total. The van der Waals surface area contributed by atoms with Gasteiger partial charge in [-0.25, -0.2) is 14.2 Å². The molecule has 3 amide bonds. The summed E-state index contributed by atoms with van der Waals surface area (Å²) < 4.78 is 19.3. The summed E-state index contributed by atoms with van der Waals surface area (Å²) in [5.74, 6) is -0.0428. The van der Waals surface area contributed by atoms with Gasteiger partial charge in [0.25, 0.3) is 5.91 Å². The molecule has 3 aromatic rings. The summed E-state index contributed by atoms with van der Waals surface area (Å²) in [5, 5.41) is 5.92. The predicted molar refractivity (Wildman–Crippen MR) is 109 cm³/mol. The van der Waals surface area contributed by atoms with E-state index in [1.165, 1.54) is 12.1 Å². The number of pyridine rings is 1. The Kier molecular flexibility index (Phi) is 4.09. The lowest BCUT2D eigenvalue weighted by Gasteiger charge is -2.29. The van der Waals surface area contributed by atoms with E-state index in [0.29, 0.717) is 36.2 Å². The van der Waals surface area contributed by atoms with Crippen molar-refractivity contribution in [2.45, 2.75) is 24.8 Å². The van der Waals surface area contributed by atoms with E-state index in [1.54, 1.807) is 19.4 Å². The number of aromatic amines is 1. The number of amides is 3. The predicted octanol–water partition coefficient (Wildman–Crippen LogP) is 3.52. The Morgan fingerprint density at radius 1 is 1.17 bits per heavy atom. The SMILES string of the molecule is COc1ccc(F)cc1-c1ccnc2[nH]c(C3=CCC4(CC3)NC(=O)NC4=O)cc12. The monoisotopic (exact) mass is 406 g/mol. The van der Waals surface area contributed by atoms with Crippen molar-refractivity contribution in [3.63, 3.8) is 0 Å². The molecule has 0 radical (unpaired) electrons. The van der Waals surface area contributed by atoms with Gasteiger partial charge < -0.3 is 15.0 Å². The molecule has 1 spiro atoms. The molecule has 0 saturated carbocycles. The van der Waals surface area contributed by atoms with Crippen LogP contribution < -0.4 is 15.4 Å². The quantitative estimate of drug-likeness (QED) is 0.580. The van der Waals surface area contributed by atoms with Crippen LogP contribution in [0.3, 0.4) is 0 Å². The average molecular weight is 406 g/mol. The number of allylic oxidation sites excluding steroid dienone is 1. The summed E-state index contributed by atoms with van der Waals surface area (Å²) >= 11 is 0. The summed E-state index contributed by atoms with van der Waals surface area (Å²) in [6.07, 6.45) is 5.21. The summed E-state index contributed by atoms with van der Waals surface area (Å²) in [6, 6.07) is 7.79. The first-order chi connectivity index (χ1) is 14.5. The molecular formula is C22H19FN4O3. The van der Waals surface area contributed by atoms with Gasteiger partial charge in [0, 0.05) is 22.8 Å². The van der Waals surface area contributed by atoms with Crippen molar-refractivity contribution < 1.29 is 18.7 Å². The molecule has 1 unspecified atom stereocenters. The molecule has 3 heterocycles. The fraction of sp³-hybridized carbons (Fsp3) is 0.227. The lowest BCUT2D eigenvalue weighted by Crippen LogP contribution is -2.47. The van der Waals surface area contributed by atoms with Crippen LogP contribution in [0.4, 0.5) is 9.18 Å². The van der Waals surface area contributed by atoms with Gasteiger partial charge in [-0.05, 0) is 60.7 Å². The molecule has 5 rings (SSSR count). The van der Waals surface area contributed by atoms with Gasteiger partial charge in [0.2, 0.25) is 0 Å². The number of rotatable bonds is 3. The topological polar surface area (TPSA) is 96.1 Å². The summed E-state index contributed by atoms with van der Waals surface area (Å²) in [6.45, 7) is 0. The molecule has 8 heteroatoms. The van der Waals surface area contributed by atoms with Crippen molar-refractivity contribution in [2.75, 3.05) is 7.11 Å². The zero-order chi connectivity index (χ0) is 20.9. The van der Waals surface area contributed by atoms with Crippen LogP contribution in [-0.2, 0) is 4.79 Å². The highest BCUT2D eigenvalue weighted by molar-refractivity contribution is 6.07. The first kappa shape index (κ1) is 18.4. The standard InChI is InChI=1S/C22H19FN4O3/c1-30-18-3-2-13(23)10-15(18)14-6-9-24-19-16(14)11-17(25-19)12-4-7-22(8-5-12)20(28)26-21(29)27-22/h2-4,6,9-11H,5,7-8H2,1H3,(H,24,25)(H2,26,27,28,29). The molecule has 1 saturated heterocycles. The second-order valence-corrected chi connectivity index (χ2v) is 7.57. The first-order valence-electron chi connectivity index (χ1n) is 9.64. The number of hydrogen-bond donors (Lipinski definition) is 3. The maximum Gasteiger partial charge on any atom is 0.322 e. The summed E-state index contributed by atoms with van der Waals surface area (Å²) in [7, 11) is 1.55. The number of H-pyrrole nitrogens is 1. The third-order valence-electron chi connectivity index (χ3n) is 5.86. The Morgan fingerprint density at radius 2 is 2.03 bits per heavy atom. The largest absolute Gasteiger partial charge is 0.496 e. The van der Waals surface area contributed by atoms with Crippen LogP contribution in [0.2, 0.25) is 0 Å². The molecule has 2 aliphatic rings. The van der Waals surface area contributed by atoms with Crippen LogP contribution in [0.1, 0.15) is 25.0 Å². The fourth-order valence-electron chi connectivity index (χ4n) is 4.27. The second kappa shape index (κ2) is 6.69. The number of urea groups is 1. The van der Waals surface area contributed by atoms with Gasteiger partial charge in [-0.15, -0.1) is 0 Å². The van der Waals surface area contributed by atoms with E-state index in [2.05, 4.69) is 20.6 Å². The number of carbonyl (C=O) groups is 2. The van der Waals surface area contributed by atoms with E-state index in [1.807, 2.05) is 18.2 Å². The molecule has 152 valence electrons. The highest BCUT2D eigenvalue weighted by atomic mass is 19.1. The number of methoxy groups -OCH3 is 1. The van der Waals surface area contributed by atoms with E-state index in [0.717, 1.165) is 22.2 Å². The molecule has 1 fully saturated rings. The van der Waals surface area contributed by atoms with Crippen LogP contribution in [0, 0.1) is 5.82 Å². The third kappa shape index (κ3) is 2.83. The number of aromatic nitrogens is 2. The highest BCUT2D eigenvalue weighted by Crippen LogP contribution is 2.38. The van der Waals surface area contributed by atoms with Crippen molar-refractivity contribution in [3.05, 3.63) is 54.1 Å². The molecule has 1 aromatic carbocycles. The number of carbonyl (C=O) groups excluding carboxylic acids is 2. The Balaban J connectivity index is 1.54. The first-order valence-corrected chi connectivity index (χ1v) is 9.64. The minimum absolute atomic E-state index is 0.276. The minimum Gasteiger partial charge on any atom is -0.496 e. The van der Waals surface area contributed by atoms with Gasteiger partial charge in [-0.3, -0.25) is 10.1 Å². The van der Waals surface area contributed by atoms with E-state index < -0.39 is 11.6 Å². The summed E-state index contributed by atoms with van der Waals surface area (Å²) in [5.41, 5.74) is 3.23. The van der Waals surface area contributed by atoms with Crippen molar-refractivity contribution in [1.29, 1.82) is 0 Å². The van der Waals surface area contributed by atoms with Crippen LogP contribution >= 0.6 is 0 Å². The van der Waals surface area contributed by atoms with Crippen molar-refractivity contribution in [1.82, 2.24) is 20.6 Å². The summed E-state index contributed by atoms with van der Waals surface area (Å²) in [4.78, 5) is 31.4. The molecule has 1 atom stereocenters. The normalized spacial score (nSPS) is 20.9. The van der Waals surface area contributed by atoms with E-state index in [9.17, 15) is 14.0 Å². The molecule has 30 heavy (non-hydrogen) atoms. The number of imide groups is 1. The number of hydrogen-bond acceptors (Lipinski definition) is 4. The van der Waals surface area contributed by atoms with Gasteiger partial charge in [0.15, 0.2) is 0 Å². The number of nitrogens with one attached hydrogen (secondary N) is 3. The number of nitrogens with zero attached hydrogens (tertiary/aromatic N) is 1. The van der Waals surface area contributed by atoms with E-state index in [-0.39, 0.29) is 11.7 Å². The Morgan fingerprint density at radius 3 is 2.73 bits per heavy atom. The Bertz CT molecular complexity index is 1230. The fourth-order valence-corrected chi connectivity index (χ4v) is 4.27. The number of benzene rings is 1. The van der Waals surface area contributed by atoms with Gasteiger partial charge in [0.1, 0.15) is 22.8 Å². The van der Waals surface area contributed by atoms with Gasteiger partial charge in [-0.2, -0.15) is 0 Å². The van der Waals surface area contributed by atoms with Crippen LogP contribution in [0.25, 0.3) is 27.7 Å². The van der Waals surface area contributed by atoms with Crippen LogP contribution in [-0.4, -0.2) is 34.6 Å². The molecule has 2 aromatic heterocycles. The van der Waals surface area contributed by atoms with Crippen molar-refractivity contribution in [3.8, 4) is 16.9 Å². The zero-order valence-corrected chi connectivity index (χ0v) is 16.2. The Labute approximate surface area is 171 Å². The van der Waals surface area contributed by atoms with E-state index in [4.69, 9.17) is 4.74 Å². The lowest BCUT2D eigenvalue weighted by atomic mass is 9.82. The zero-order valence-electron chi connectivity index (χ0n) is 16.2. The molecule has 1 aliphatic heterocycles.